The van der Waals surface area contributed by atoms with E-state index >= 15 is 0 Å². The van der Waals surface area contributed by atoms with Gasteiger partial charge in [-0.2, -0.15) is 0 Å². The first-order valence-electron chi connectivity index (χ1n) is 7.56. The molecule has 1 amide bonds. The van der Waals surface area contributed by atoms with Gasteiger partial charge >= 0.3 is 8.56 Å². The van der Waals surface area contributed by atoms with Crippen molar-refractivity contribution in [2.45, 2.75) is 63.9 Å². The second kappa shape index (κ2) is 9.92. The van der Waals surface area contributed by atoms with E-state index in [1.807, 2.05) is 27.7 Å². The van der Waals surface area contributed by atoms with Crippen molar-refractivity contribution in [2.75, 3.05) is 19.8 Å². The SMILES string of the molecule is CCC[Si](CCCNC(=O)C(C)(C)Br)(OCC)OCC. The predicted octanol–water partition coefficient (Wildman–Crippen LogP) is 3.59. The monoisotopic (exact) mass is 367 g/mol. The van der Waals surface area contributed by atoms with E-state index in [1.54, 1.807) is 0 Å². The molecule has 0 radical (unpaired) electrons. The van der Waals surface area contributed by atoms with Gasteiger partial charge in [0, 0.05) is 19.8 Å². The highest BCUT2D eigenvalue weighted by atomic mass is 79.9. The Kier molecular flexibility index (Phi) is 9.96. The molecule has 0 atom stereocenters. The van der Waals surface area contributed by atoms with Gasteiger partial charge in [-0.05, 0) is 46.2 Å². The zero-order valence-electron chi connectivity index (χ0n) is 13.6. The van der Waals surface area contributed by atoms with E-state index < -0.39 is 12.9 Å². The van der Waals surface area contributed by atoms with Crippen molar-refractivity contribution < 1.29 is 13.6 Å². The van der Waals surface area contributed by atoms with Crippen LogP contribution in [0.5, 0.6) is 0 Å². The third-order valence-electron chi connectivity index (χ3n) is 3.01. The van der Waals surface area contributed by atoms with Gasteiger partial charge in [0.2, 0.25) is 5.91 Å². The van der Waals surface area contributed by atoms with E-state index in [1.165, 1.54) is 0 Å². The molecule has 0 saturated heterocycles. The normalized spacial score (nSPS) is 12.5. The van der Waals surface area contributed by atoms with E-state index in [4.69, 9.17) is 8.85 Å². The molecule has 6 heteroatoms. The molecule has 0 saturated carbocycles. The molecule has 0 aromatic heterocycles. The molecule has 0 aromatic rings. The number of alkyl halides is 1. The highest BCUT2D eigenvalue weighted by Gasteiger charge is 2.35. The van der Waals surface area contributed by atoms with Crippen molar-refractivity contribution in [3.05, 3.63) is 0 Å². The number of carbonyl (C=O) groups is 1. The highest BCUT2D eigenvalue weighted by Crippen LogP contribution is 2.23. The number of rotatable bonds is 11. The first-order chi connectivity index (χ1) is 9.31. The number of amides is 1. The Morgan fingerprint density at radius 3 is 2.10 bits per heavy atom. The minimum absolute atomic E-state index is 0.0214. The van der Waals surface area contributed by atoms with E-state index in [0.29, 0.717) is 19.8 Å². The molecular weight excluding hydrogens is 338 g/mol. The molecule has 4 nitrogen and oxygen atoms in total. The van der Waals surface area contributed by atoms with Crippen LogP contribution in [0.1, 0.15) is 47.5 Å². The number of carbonyl (C=O) groups excluding carboxylic acids is 1. The van der Waals surface area contributed by atoms with Crippen LogP contribution >= 0.6 is 15.9 Å². The molecule has 0 heterocycles. The summed E-state index contributed by atoms with van der Waals surface area (Å²) in [5, 5.41) is 2.95. The van der Waals surface area contributed by atoms with Crippen molar-refractivity contribution in [1.29, 1.82) is 0 Å². The highest BCUT2D eigenvalue weighted by molar-refractivity contribution is 9.10. The van der Waals surface area contributed by atoms with Crippen LogP contribution in [0.25, 0.3) is 0 Å². The van der Waals surface area contributed by atoms with Crippen molar-refractivity contribution in [2.24, 2.45) is 0 Å². The van der Waals surface area contributed by atoms with Crippen LogP contribution in [0.3, 0.4) is 0 Å². The van der Waals surface area contributed by atoms with Gasteiger partial charge in [-0.3, -0.25) is 4.79 Å². The number of hydrogen-bond acceptors (Lipinski definition) is 3. The molecule has 0 fully saturated rings. The van der Waals surface area contributed by atoms with E-state index in [0.717, 1.165) is 24.9 Å². The molecule has 1 N–H and O–H groups in total. The summed E-state index contributed by atoms with van der Waals surface area (Å²) in [6.45, 7) is 12.0. The molecule has 0 aliphatic heterocycles. The number of hydrogen-bond donors (Lipinski definition) is 1. The van der Waals surface area contributed by atoms with Gasteiger partial charge in [-0.15, -0.1) is 0 Å². The minimum atomic E-state index is -2.08. The largest absolute Gasteiger partial charge is 0.394 e. The summed E-state index contributed by atoms with van der Waals surface area (Å²) in [4.78, 5) is 11.8. The summed E-state index contributed by atoms with van der Waals surface area (Å²) >= 11 is 3.36. The maximum Gasteiger partial charge on any atom is 0.338 e. The molecule has 0 unspecified atom stereocenters. The lowest BCUT2D eigenvalue weighted by molar-refractivity contribution is -0.122. The van der Waals surface area contributed by atoms with Crippen LogP contribution in [-0.2, 0) is 13.6 Å². The summed E-state index contributed by atoms with van der Waals surface area (Å²) < 4.78 is 11.4. The van der Waals surface area contributed by atoms with Crippen molar-refractivity contribution in [1.82, 2.24) is 5.32 Å². The lowest BCUT2D eigenvalue weighted by atomic mass is 10.2. The van der Waals surface area contributed by atoms with Crippen molar-refractivity contribution in [3.63, 3.8) is 0 Å². The standard InChI is InChI=1S/C14H30BrNO3Si/c1-6-11-20(18-7-2,19-8-3)12-9-10-16-13(17)14(4,5)15/h6-12H2,1-5H3,(H,16,17). The number of nitrogens with one attached hydrogen (secondary N) is 1. The van der Waals surface area contributed by atoms with Gasteiger partial charge < -0.3 is 14.2 Å². The van der Waals surface area contributed by atoms with Crippen LogP contribution in [0, 0.1) is 0 Å². The second-order valence-electron chi connectivity index (χ2n) is 5.36. The van der Waals surface area contributed by atoms with Gasteiger partial charge in [0.25, 0.3) is 0 Å². The summed E-state index contributed by atoms with van der Waals surface area (Å²) in [7, 11) is -2.08. The molecule has 0 bridgehead atoms. The Bertz CT molecular complexity index is 265. The van der Waals surface area contributed by atoms with E-state index in [9.17, 15) is 4.79 Å². The first kappa shape index (κ1) is 20.1. The third kappa shape index (κ3) is 7.76. The Balaban J connectivity index is 4.29. The molecule has 0 aromatic carbocycles. The van der Waals surface area contributed by atoms with Gasteiger partial charge in [-0.1, -0.05) is 29.3 Å². The fraction of sp³-hybridized carbons (Fsp3) is 0.929. The van der Waals surface area contributed by atoms with Gasteiger partial charge in [0.15, 0.2) is 0 Å². The Hall–Kier alpha value is 0.0869. The lowest BCUT2D eigenvalue weighted by Gasteiger charge is -2.30. The summed E-state index contributed by atoms with van der Waals surface area (Å²) in [6.07, 6.45) is 1.98. The van der Waals surface area contributed by atoms with Crippen LogP contribution in [0.4, 0.5) is 0 Å². The lowest BCUT2D eigenvalue weighted by Crippen LogP contribution is -2.43. The molecule has 0 aliphatic carbocycles. The van der Waals surface area contributed by atoms with E-state index in [2.05, 4.69) is 28.2 Å². The zero-order chi connectivity index (χ0) is 15.6. The molecule has 120 valence electrons. The minimum Gasteiger partial charge on any atom is -0.394 e. The van der Waals surface area contributed by atoms with E-state index in [-0.39, 0.29) is 5.91 Å². The topological polar surface area (TPSA) is 47.6 Å². The molecule has 0 spiro atoms. The van der Waals surface area contributed by atoms with Crippen molar-refractivity contribution in [3.8, 4) is 0 Å². The maximum atomic E-state index is 11.8. The molecule has 0 aliphatic rings. The summed E-state index contributed by atoms with van der Waals surface area (Å²) in [5.41, 5.74) is 0. The molecular formula is C14H30BrNO3Si. The molecule has 20 heavy (non-hydrogen) atoms. The Morgan fingerprint density at radius 2 is 1.70 bits per heavy atom. The van der Waals surface area contributed by atoms with Crippen LogP contribution in [-0.4, -0.2) is 38.6 Å². The average molecular weight is 368 g/mol. The smallest absolute Gasteiger partial charge is 0.338 e. The Morgan fingerprint density at radius 1 is 1.15 bits per heavy atom. The van der Waals surface area contributed by atoms with Crippen LogP contribution in [0.15, 0.2) is 0 Å². The first-order valence-corrected chi connectivity index (χ1v) is 10.6. The second-order valence-corrected chi connectivity index (χ2v) is 10.7. The van der Waals surface area contributed by atoms with Gasteiger partial charge in [-0.25, -0.2) is 0 Å². The van der Waals surface area contributed by atoms with Crippen LogP contribution in [0.2, 0.25) is 12.1 Å². The molecule has 0 rings (SSSR count). The summed E-state index contributed by atoms with van der Waals surface area (Å²) in [5.74, 6) is 0.0214. The number of halogens is 1. The fourth-order valence-corrected chi connectivity index (χ4v) is 5.71. The fourth-order valence-electron chi connectivity index (χ4n) is 2.13. The third-order valence-corrected chi connectivity index (χ3v) is 7.37. The quantitative estimate of drug-likeness (QED) is 0.344. The Labute approximate surface area is 133 Å². The zero-order valence-corrected chi connectivity index (χ0v) is 16.1. The van der Waals surface area contributed by atoms with Crippen molar-refractivity contribution >= 4 is 30.4 Å². The average Bonchev–Trinajstić information content (AvgIpc) is 2.34. The van der Waals surface area contributed by atoms with Gasteiger partial charge in [0.05, 0.1) is 4.32 Å². The van der Waals surface area contributed by atoms with Gasteiger partial charge in [0.1, 0.15) is 0 Å². The maximum absolute atomic E-state index is 11.8. The summed E-state index contributed by atoms with van der Waals surface area (Å²) in [6, 6.07) is 1.96. The predicted molar refractivity (Wildman–Crippen MR) is 89.5 cm³/mol. The van der Waals surface area contributed by atoms with Crippen LogP contribution < -0.4 is 5.32 Å².